The summed E-state index contributed by atoms with van der Waals surface area (Å²) in [4.78, 5) is 6.68. The van der Waals surface area contributed by atoms with Gasteiger partial charge in [0.1, 0.15) is 0 Å². The number of hydrogen-bond donors (Lipinski definition) is 1. The van der Waals surface area contributed by atoms with Crippen LogP contribution in [0.4, 0.5) is 5.69 Å². The summed E-state index contributed by atoms with van der Waals surface area (Å²) >= 11 is 0. The first-order valence-corrected chi connectivity index (χ1v) is 4.75. The molecule has 1 N–H and O–H groups in total. The van der Waals surface area contributed by atoms with Crippen LogP contribution in [0.1, 0.15) is 5.69 Å². The zero-order valence-electron chi connectivity index (χ0n) is 8.77. The number of rotatable bonds is 1. The summed E-state index contributed by atoms with van der Waals surface area (Å²) in [6.45, 7) is 6.40. The molecule has 1 aliphatic rings. The highest BCUT2D eigenvalue weighted by atomic mass is 35.5. The van der Waals surface area contributed by atoms with Crippen molar-refractivity contribution in [3.05, 3.63) is 24.0 Å². The van der Waals surface area contributed by atoms with E-state index in [1.165, 1.54) is 5.69 Å². The Labute approximate surface area is 103 Å². The van der Waals surface area contributed by atoms with Gasteiger partial charge in [0, 0.05) is 32.4 Å². The van der Waals surface area contributed by atoms with E-state index in [9.17, 15) is 0 Å². The summed E-state index contributed by atoms with van der Waals surface area (Å²) in [6.07, 6.45) is 1.85. The lowest BCUT2D eigenvalue weighted by molar-refractivity contribution is 0.587. The van der Waals surface area contributed by atoms with Gasteiger partial charge >= 0.3 is 0 Å². The van der Waals surface area contributed by atoms with Crippen LogP contribution in [0.15, 0.2) is 18.3 Å². The minimum atomic E-state index is 0. The van der Waals surface area contributed by atoms with Crippen molar-refractivity contribution in [1.29, 1.82) is 0 Å². The molecule has 0 radical (unpaired) electrons. The molecular weight excluding hydrogens is 233 g/mol. The lowest BCUT2D eigenvalue weighted by Crippen LogP contribution is -2.43. The quantitative estimate of drug-likeness (QED) is 0.821. The molecule has 5 heteroatoms. The van der Waals surface area contributed by atoms with Crippen LogP contribution in [-0.2, 0) is 0 Å². The van der Waals surface area contributed by atoms with Gasteiger partial charge in [-0.3, -0.25) is 4.98 Å². The van der Waals surface area contributed by atoms with Crippen molar-refractivity contribution in [2.24, 2.45) is 0 Å². The summed E-state index contributed by atoms with van der Waals surface area (Å²) in [7, 11) is 0. The molecule has 0 bridgehead atoms. The van der Waals surface area contributed by atoms with Crippen LogP contribution >= 0.6 is 24.8 Å². The van der Waals surface area contributed by atoms with Crippen molar-refractivity contribution in [3.8, 4) is 0 Å². The Kier molecular flexibility index (Phi) is 6.65. The summed E-state index contributed by atoms with van der Waals surface area (Å²) < 4.78 is 0. The molecule has 0 aliphatic carbocycles. The molecular formula is C10H17Cl2N3. The number of aromatic nitrogens is 1. The highest BCUT2D eigenvalue weighted by Crippen LogP contribution is 2.16. The van der Waals surface area contributed by atoms with E-state index < -0.39 is 0 Å². The van der Waals surface area contributed by atoms with Crippen molar-refractivity contribution >= 4 is 30.5 Å². The summed E-state index contributed by atoms with van der Waals surface area (Å²) in [5.41, 5.74) is 2.41. The number of aryl methyl sites for hydroxylation is 1. The van der Waals surface area contributed by atoms with Gasteiger partial charge in [-0.1, -0.05) is 0 Å². The Morgan fingerprint density at radius 2 is 1.93 bits per heavy atom. The summed E-state index contributed by atoms with van der Waals surface area (Å²) in [6, 6.07) is 4.15. The standard InChI is InChI=1S/C10H15N3.2ClH/c1-9-10(3-2-4-12-9)13-7-5-11-6-8-13;;/h2-4,11H,5-8H2,1H3;2*1H. The van der Waals surface area contributed by atoms with Crippen LogP contribution in [0.3, 0.4) is 0 Å². The second kappa shape index (κ2) is 6.88. The average molecular weight is 250 g/mol. The van der Waals surface area contributed by atoms with Gasteiger partial charge in [0.15, 0.2) is 0 Å². The zero-order chi connectivity index (χ0) is 9.10. The van der Waals surface area contributed by atoms with Crippen molar-refractivity contribution < 1.29 is 0 Å². The number of hydrogen-bond acceptors (Lipinski definition) is 3. The predicted molar refractivity (Wildman–Crippen MR) is 68.6 cm³/mol. The maximum atomic E-state index is 4.29. The van der Waals surface area contributed by atoms with Gasteiger partial charge in [0.05, 0.1) is 11.4 Å². The zero-order valence-corrected chi connectivity index (χ0v) is 10.4. The van der Waals surface area contributed by atoms with Gasteiger partial charge in [-0.25, -0.2) is 0 Å². The topological polar surface area (TPSA) is 28.2 Å². The number of pyridine rings is 1. The fraction of sp³-hybridized carbons (Fsp3) is 0.500. The molecule has 1 aromatic heterocycles. The number of anilines is 1. The van der Waals surface area contributed by atoms with Crippen LogP contribution in [0, 0.1) is 6.92 Å². The largest absolute Gasteiger partial charge is 0.368 e. The Hall–Kier alpha value is -0.510. The third kappa shape index (κ3) is 3.52. The first-order chi connectivity index (χ1) is 6.38. The molecule has 0 atom stereocenters. The van der Waals surface area contributed by atoms with Crippen LogP contribution < -0.4 is 10.2 Å². The first-order valence-electron chi connectivity index (χ1n) is 4.75. The second-order valence-electron chi connectivity index (χ2n) is 3.34. The number of halogens is 2. The van der Waals surface area contributed by atoms with Gasteiger partial charge in [-0.2, -0.15) is 0 Å². The van der Waals surface area contributed by atoms with E-state index in [1.54, 1.807) is 0 Å². The molecule has 0 spiro atoms. The molecule has 0 amide bonds. The third-order valence-electron chi connectivity index (χ3n) is 2.44. The maximum absolute atomic E-state index is 4.29. The second-order valence-corrected chi connectivity index (χ2v) is 3.34. The molecule has 86 valence electrons. The Bertz CT molecular complexity index is 288. The molecule has 2 rings (SSSR count). The molecule has 1 fully saturated rings. The van der Waals surface area contributed by atoms with Crippen molar-refractivity contribution in [2.75, 3.05) is 31.1 Å². The Balaban J connectivity index is 0.000000980. The van der Waals surface area contributed by atoms with E-state index in [1.807, 2.05) is 12.3 Å². The third-order valence-corrected chi connectivity index (χ3v) is 2.44. The van der Waals surface area contributed by atoms with E-state index in [4.69, 9.17) is 0 Å². The van der Waals surface area contributed by atoms with Gasteiger partial charge in [0.25, 0.3) is 0 Å². The number of nitrogens with zero attached hydrogens (tertiary/aromatic N) is 2. The molecule has 0 saturated carbocycles. The fourth-order valence-electron chi connectivity index (χ4n) is 1.72. The van der Waals surface area contributed by atoms with Crippen LogP contribution in [-0.4, -0.2) is 31.2 Å². The SMILES string of the molecule is Cc1ncccc1N1CCNCC1.Cl.Cl. The minimum Gasteiger partial charge on any atom is -0.368 e. The van der Waals surface area contributed by atoms with Crippen molar-refractivity contribution in [3.63, 3.8) is 0 Å². The molecule has 1 aromatic rings. The lowest BCUT2D eigenvalue weighted by atomic mass is 10.2. The molecule has 2 heterocycles. The number of nitrogens with one attached hydrogen (secondary N) is 1. The fourth-order valence-corrected chi connectivity index (χ4v) is 1.72. The van der Waals surface area contributed by atoms with Gasteiger partial charge in [-0.15, -0.1) is 24.8 Å². The van der Waals surface area contributed by atoms with Crippen LogP contribution in [0.2, 0.25) is 0 Å². The molecule has 1 saturated heterocycles. The summed E-state index contributed by atoms with van der Waals surface area (Å²) in [5.74, 6) is 0. The van der Waals surface area contributed by atoms with Gasteiger partial charge in [0.2, 0.25) is 0 Å². The van der Waals surface area contributed by atoms with Crippen LogP contribution in [0.25, 0.3) is 0 Å². The predicted octanol–water partition coefficient (Wildman–Crippen LogP) is 1.64. The molecule has 1 aliphatic heterocycles. The molecule has 0 unspecified atom stereocenters. The normalized spacial score (nSPS) is 15.1. The Morgan fingerprint density at radius 3 is 2.53 bits per heavy atom. The maximum Gasteiger partial charge on any atom is 0.0605 e. The van der Waals surface area contributed by atoms with Gasteiger partial charge < -0.3 is 10.2 Å². The molecule has 15 heavy (non-hydrogen) atoms. The summed E-state index contributed by atoms with van der Waals surface area (Å²) in [5, 5.41) is 3.34. The highest BCUT2D eigenvalue weighted by Gasteiger charge is 2.11. The average Bonchev–Trinajstić information content (AvgIpc) is 2.20. The smallest absolute Gasteiger partial charge is 0.0605 e. The van der Waals surface area contributed by atoms with Crippen LogP contribution in [0.5, 0.6) is 0 Å². The van der Waals surface area contributed by atoms with E-state index in [0.717, 1.165) is 31.9 Å². The van der Waals surface area contributed by atoms with E-state index in [0.29, 0.717) is 0 Å². The minimum absolute atomic E-state index is 0. The number of piperazine rings is 1. The van der Waals surface area contributed by atoms with E-state index in [2.05, 4.69) is 28.2 Å². The Morgan fingerprint density at radius 1 is 1.27 bits per heavy atom. The first kappa shape index (κ1) is 14.5. The van der Waals surface area contributed by atoms with Crippen molar-refractivity contribution in [2.45, 2.75) is 6.92 Å². The molecule has 0 aromatic carbocycles. The van der Waals surface area contributed by atoms with E-state index >= 15 is 0 Å². The lowest BCUT2D eigenvalue weighted by Gasteiger charge is -2.30. The van der Waals surface area contributed by atoms with E-state index in [-0.39, 0.29) is 24.8 Å². The highest BCUT2D eigenvalue weighted by molar-refractivity contribution is 5.85. The van der Waals surface area contributed by atoms with Gasteiger partial charge in [-0.05, 0) is 19.1 Å². The monoisotopic (exact) mass is 249 g/mol. The van der Waals surface area contributed by atoms with Crippen molar-refractivity contribution in [1.82, 2.24) is 10.3 Å². The molecule has 3 nitrogen and oxygen atoms in total.